The molecule has 16 nitrogen and oxygen atoms in total. The third-order valence-electron chi connectivity index (χ3n) is 13.5. The number of hydrogen-bond donors (Lipinski definition) is 4. The molecule has 4 aliphatic rings. The number of rotatable bonds is 15. The van der Waals surface area contributed by atoms with E-state index in [2.05, 4.69) is 36.1 Å². The molecule has 336 valence electrons. The second kappa shape index (κ2) is 19.0. The van der Waals surface area contributed by atoms with Gasteiger partial charge in [-0.2, -0.15) is 0 Å². The van der Waals surface area contributed by atoms with Gasteiger partial charge in [0.25, 0.3) is 11.8 Å². The quantitative estimate of drug-likeness (QED) is 0.192. The summed E-state index contributed by atoms with van der Waals surface area (Å²) < 4.78 is 0. The van der Waals surface area contributed by atoms with Crippen molar-refractivity contribution in [2.45, 2.75) is 154 Å². The van der Waals surface area contributed by atoms with Gasteiger partial charge in [0, 0.05) is 31.9 Å². The first-order valence-corrected chi connectivity index (χ1v) is 22.4. The molecule has 6 rings (SSSR count). The van der Waals surface area contributed by atoms with Gasteiger partial charge in [-0.1, -0.05) is 83.7 Å². The van der Waals surface area contributed by atoms with E-state index in [1.54, 1.807) is 11.8 Å². The predicted molar refractivity (Wildman–Crippen MR) is 231 cm³/mol. The number of fused-ring (bicyclic) bond motifs is 2. The minimum Gasteiger partial charge on any atom is -0.344 e. The summed E-state index contributed by atoms with van der Waals surface area (Å²) in [7, 11) is 0. The van der Waals surface area contributed by atoms with Gasteiger partial charge in [0.1, 0.15) is 29.5 Å². The topological polar surface area (TPSA) is 203 Å². The summed E-state index contributed by atoms with van der Waals surface area (Å²) in [5.41, 5.74) is -1.87. The highest BCUT2D eigenvalue weighted by Crippen LogP contribution is 2.51. The van der Waals surface area contributed by atoms with Crippen LogP contribution in [-0.4, -0.2) is 121 Å². The van der Waals surface area contributed by atoms with Crippen molar-refractivity contribution in [2.24, 2.45) is 11.3 Å². The van der Waals surface area contributed by atoms with Crippen LogP contribution in [0, 0.1) is 11.3 Å². The van der Waals surface area contributed by atoms with E-state index >= 15 is 4.79 Å². The van der Waals surface area contributed by atoms with Crippen LogP contribution in [0.4, 0.5) is 0 Å². The van der Waals surface area contributed by atoms with Crippen LogP contribution < -0.4 is 21.3 Å². The third kappa shape index (κ3) is 9.25. The fraction of sp³-hybridized carbons (Fsp3) is 0.630. The van der Waals surface area contributed by atoms with Crippen molar-refractivity contribution in [1.29, 1.82) is 0 Å². The lowest BCUT2D eigenvalue weighted by atomic mass is 9.82. The van der Waals surface area contributed by atoms with E-state index in [-0.39, 0.29) is 36.9 Å². The Bertz CT molecular complexity index is 1990. The van der Waals surface area contributed by atoms with Crippen molar-refractivity contribution in [3.05, 3.63) is 60.2 Å². The Morgan fingerprint density at radius 3 is 2.26 bits per heavy atom. The molecule has 4 fully saturated rings. The Labute approximate surface area is 365 Å². The molecular formula is C46H65N9O7. The highest BCUT2D eigenvalue weighted by atomic mass is 16.2. The van der Waals surface area contributed by atoms with E-state index in [4.69, 9.17) is 0 Å². The van der Waals surface area contributed by atoms with E-state index in [1.807, 2.05) is 71.9 Å². The molecule has 1 aromatic heterocycles. The number of nitrogens with one attached hydrogen (secondary N) is 4. The zero-order valence-corrected chi connectivity index (χ0v) is 37.4. The summed E-state index contributed by atoms with van der Waals surface area (Å²) in [5, 5.41) is 11.6. The Kier molecular flexibility index (Phi) is 14.2. The van der Waals surface area contributed by atoms with Crippen LogP contribution in [0.3, 0.4) is 0 Å². The van der Waals surface area contributed by atoms with Gasteiger partial charge in [-0.3, -0.25) is 43.4 Å². The SMILES string of the molecule is CCCC(NC(=O)[C@@H]1CC2(CN1C(=O)[C@@H](NC(=O)[C@@H](NC(=O)c1cnccn1)C1CCCCC1)C(C)(C)C)N(CC)C(=O)[C@]1(C)CCCN21)C(=O)C(=O)N[C@@H](C)c1ccccc1. The molecule has 7 atom stereocenters. The monoisotopic (exact) mass is 856 g/mol. The smallest absolute Gasteiger partial charge is 0.290 e. The van der Waals surface area contributed by atoms with Crippen LogP contribution in [0.5, 0.6) is 0 Å². The largest absolute Gasteiger partial charge is 0.344 e. The number of likely N-dealkylation sites (tertiary alicyclic amines) is 1. The van der Waals surface area contributed by atoms with Crippen LogP contribution in [-0.2, 0) is 28.8 Å². The standard InChI is InChI=1S/C46H65N9O7/c1-8-17-32(36(56)41(60)49-29(3)30-18-12-10-13-19-30)50-39(58)34-26-46(54(9-2)43(62)45(7)22-16-25-55(45)46)28-53(34)42(61)37(44(4,5)6)52-40(59)35(31-20-14-11-15-21-31)51-38(57)33-27-47-23-24-48-33/h10,12-13,18-19,23-24,27,29,31-32,34-35,37H,8-9,11,14-17,20-22,25-26,28H2,1-7H3,(H,49,60)(H,50,58)(H,51,57)(H,52,59)/t29-,32?,34-,35-,37+,45-,46?/m0/s1. The summed E-state index contributed by atoms with van der Waals surface area (Å²) in [6, 6.07) is 4.27. The first-order chi connectivity index (χ1) is 29.5. The maximum absolute atomic E-state index is 15.4. The molecule has 1 aromatic carbocycles. The molecule has 6 amide bonds. The van der Waals surface area contributed by atoms with Gasteiger partial charge in [-0.25, -0.2) is 4.98 Å². The molecule has 3 saturated heterocycles. The molecule has 2 unspecified atom stereocenters. The van der Waals surface area contributed by atoms with E-state index in [1.165, 1.54) is 23.5 Å². The number of nitrogens with zero attached hydrogens (tertiary/aromatic N) is 5. The Morgan fingerprint density at radius 2 is 1.63 bits per heavy atom. The highest BCUT2D eigenvalue weighted by molar-refractivity contribution is 6.38. The molecule has 4 N–H and O–H groups in total. The molecule has 2 aromatic rings. The average Bonchev–Trinajstić information content (AvgIpc) is 3.91. The van der Waals surface area contributed by atoms with Gasteiger partial charge in [-0.15, -0.1) is 0 Å². The van der Waals surface area contributed by atoms with Gasteiger partial charge in [0.15, 0.2) is 0 Å². The Morgan fingerprint density at radius 1 is 0.919 bits per heavy atom. The second-order valence-corrected chi connectivity index (χ2v) is 18.8. The van der Waals surface area contributed by atoms with Crippen LogP contribution in [0.1, 0.15) is 135 Å². The number of carbonyl (C=O) groups excluding carboxylic acids is 7. The molecule has 3 aliphatic heterocycles. The first kappa shape index (κ1) is 46.3. The molecule has 16 heteroatoms. The zero-order chi connectivity index (χ0) is 45.0. The molecule has 62 heavy (non-hydrogen) atoms. The van der Waals surface area contributed by atoms with Crippen LogP contribution in [0.15, 0.2) is 48.9 Å². The van der Waals surface area contributed by atoms with E-state index in [0.717, 1.165) is 31.2 Å². The van der Waals surface area contributed by atoms with Crippen molar-refractivity contribution in [2.75, 3.05) is 19.6 Å². The van der Waals surface area contributed by atoms with Crippen molar-refractivity contribution in [3.8, 4) is 0 Å². The van der Waals surface area contributed by atoms with E-state index in [9.17, 15) is 28.8 Å². The molecule has 0 radical (unpaired) electrons. The molecule has 1 saturated carbocycles. The molecule has 1 aliphatic carbocycles. The van der Waals surface area contributed by atoms with E-state index < -0.39 is 82.1 Å². The average molecular weight is 856 g/mol. The number of Topliss-reactive ketones (excluding diaryl/α,β-unsaturated/α-hetero) is 1. The normalized spacial score (nSPS) is 24.8. The minimum atomic E-state index is -1.18. The van der Waals surface area contributed by atoms with Crippen LogP contribution in [0.2, 0.25) is 0 Å². The van der Waals surface area contributed by atoms with Gasteiger partial charge in [0.05, 0.1) is 30.4 Å². The summed E-state index contributed by atoms with van der Waals surface area (Å²) in [6.45, 7) is 13.8. The number of benzene rings is 1. The van der Waals surface area contributed by atoms with Crippen LogP contribution >= 0.6 is 0 Å². The number of ketones is 1. The zero-order valence-electron chi connectivity index (χ0n) is 37.4. The summed E-state index contributed by atoms with van der Waals surface area (Å²) in [4.78, 5) is 113. The third-order valence-corrected chi connectivity index (χ3v) is 13.5. The molecular weight excluding hydrogens is 791 g/mol. The lowest BCUT2D eigenvalue weighted by molar-refractivity contribution is -0.145. The van der Waals surface area contributed by atoms with Gasteiger partial charge in [-0.05, 0) is 69.8 Å². The van der Waals surface area contributed by atoms with Crippen molar-refractivity contribution >= 4 is 41.2 Å². The molecule has 1 spiro atoms. The number of hydrogen-bond acceptors (Lipinski definition) is 10. The maximum atomic E-state index is 15.4. The van der Waals surface area contributed by atoms with Gasteiger partial charge >= 0.3 is 0 Å². The lowest BCUT2D eigenvalue weighted by Gasteiger charge is -2.41. The van der Waals surface area contributed by atoms with Crippen molar-refractivity contribution < 1.29 is 33.6 Å². The first-order valence-electron chi connectivity index (χ1n) is 22.4. The second-order valence-electron chi connectivity index (χ2n) is 18.8. The summed E-state index contributed by atoms with van der Waals surface area (Å²) in [6.07, 6.45) is 10.5. The number of aromatic nitrogens is 2. The van der Waals surface area contributed by atoms with Gasteiger partial charge in [0.2, 0.25) is 29.4 Å². The van der Waals surface area contributed by atoms with Gasteiger partial charge < -0.3 is 31.1 Å². The minimum absolute atomic E-state index is 0.0154. The Hall–Kier alpha value is -5.25. The number of likely N-dealkylation sites (N-methyl/N-ethyl adjacent to an activating group) is 1. The van der Waals surface area contributed by atoms with E-state index in [0.29, 0.717) is 38.8 Å². The maximum Gasteiger partial charge on any atom is 0.290 e. The molecule has 4 heterocycles. The number of carbonyl (C=O) groups is 7. The lowest BCUT2D eigenvalue weighted by Crippen LogP contribution is -2.62. The fourth-order valence-electron chi connectivity index (χ4n) is 10.3. The van der Waals surface area contributed by atoms with Crippen molar-refractivity contribution in [1.82, 2.24) is 45.9 Å². The predicted octanol–water partition coefficient (Wildman–Crippen LogP) is 3.43. The summed E-state index contributed by atoms with van der Waals surface area (Å²) in [5.74, 6) is -4.14. The summed E-state index contributed by atoms with van der Waals surface area (Å²) >= 11 is 0. The Balaban J connectivity index is 1.31. The molecule has 0 bridgehead atoms. The number of amides is 6. The van der Waals surface area contributed by atoms with Crippen molar-refractivity contribution in [3.63, 3.8) is 0 Å². The highest BCUT2D eigenvalue weighted by Gasteiger charge is 2.68. The fourth-order valence-corrected chi connectivity index (χ4v) is 10.3. The van der Waals surface area contributed by atoms with Crippen LogP contribution in [0.25, 0.3) is 0 Å².